The number of nitrogens with one attached hydrogen (secondary N) is 1. The number of hydrogen-bond donors (Lipinski definition) is 1. The van der Waals surface area contributed by atoms with Crippen molar-refractivity contribution in [1.29, 1.82) is 0 Å². The van der Waals surface area contributed by atoms with Gasteiger partial charge in [0, 0.05) is 0 Å². The van der Waals surface area contributed by atoms with Gasteiger partial charge in [0.2, 0.25) is 0 Å². The van der Waals surface area contributed by atoms with Crippen molar-refractivity contribution in [3.05, 3.63) is 30.1 Å². The first-order valence-electron chi connectivity index (χ1n) is 3.83. The second-order valence-corrected chi connectivity index (χ2v) is 3.50. The van der Waals surface area contributed by atoms with Gasteiger partial charge in [-0.05, 0) is 18.4 Å². The third-order valence-electron chi connectivity index (χ3n) is 1.72. The largest absolute Gasteiger partial charge is 0.341 e. The Hall–Kier alpha value is -0.960. The molecule has 2 nitrogen and oxygen atoms in total. The van der Waals surface area contributed by atoms with Crippen molar-refractivity contribution >= 4 is 22.8 Å². The molecule has 0 aliphatic heterocycles. The number of aromatic amines is 1. The molecule has 0 saturated heterocycles. The highest BCUT2D eigenvalue weighted by Crippen LogP contribution is 2.12. The highest BCUT2D eigenvalue weighted by molar-refractivity contribution is 7.97. The second-order valence-electron chi connectivity index (χ2n) is 2.63. The molecule has 2 aromatic rings. The number of fused-ring (bicyclic) bond motifs is 1. The predicted octanol–water partition coefficient (Wildman–Crippen LogP) is 2.43. The SMILES string of the molecule is CSCc1nc2ccccc2[nH]1. The minimum atomic E-state index is 0.953. The number of thioether (sulfide) groups is 1. The summed E-state index contributed by atoms with van der Waals surface area (Å²) in [5.41, 5.74) is 2.18. The van der Waals surface area contributed by atoms with Crippen LogP contribution < -0.4 is 0 Å². The molecule has 2 rings (SSSR count). The molecule has 0 aliphatic rings. The normalized spacial score (nSPS) is 10.8. The van der Waals surface area contributed by atoms with Gasteiger partial charge in [-0.15, -0.1) is 0 Å². The van der Waals surface area contributed by atoms with Gasteiger partial charge in [-0.3, -0.25) is 0 Å². The summed E-state index contributed by atoms with van der Waals surface area (Å²) in [5, 5.41) is 0. The van der Waals surface area contributed by atoms with E-state index in [1.165, 1.54) is 0 Å². The van der Waals surface area contributed by atoms with Crippen molar-refractivity contribution in [2.75, 3.05) is 6.26 Å². The Bertz CT molecular complexity index is 348. The van der Waals surface area contributed by atoms with E-state index in [2.05, 4.69) is 16.2 Å². The fourth-order valence-electron chi connectivity index (χ4n) is 1.21. The fourth-order valence-corrected chi connectivity index (χ4v) is 1.62. The van der Waals surface area contributed by atoms with Gasteiger partial charge in [0.05, 0.1) is 16.8 Å². The first-order valence-corrected chi connectivity index (χ1v) is 5.22. The van der Waals surface area contributed by atoms with E-state index >= 15 is 0 Å². The van der Waals surface area contributed by atoms with E-state index in [1.807, 2.05) is 24.3 Å². The van der Waals surface area contributed by atoms with Crippen LogP contribution in [0.5, 0.6) is 0 Å². The average Bonchev–Trinajstić information content (AvgIpc) is 2.47. The van der Waals surface area contributed by atoms with Crippen LogP contribution in [0.15, 0.2) is 24.3 Å². The number of aromatic nitrogens is 2. The van der Waals surface area contributed by atoms with Crippen molar-refractivity contribution < 1.29 is 0 Å². The molecule has 1 aromatic carbocycles. The summed E-state index contributed by atoms with van der Waals surface area (Å²) in [6.45, 7) is 0. The minimum Gasteiger partial charge on any atom is -0.341 e. The Labute approximate surface area is 75.4 Å². The summed E-state index contributed by atoms with van der Waals surface area (Å²) in [7, 11) is 0. The molecule has 0 amide bonds. The van der Waals surface area contributed by atoms with Gasteiger partial charge in [0.15, 0.2) is 0 Å². The first kappa shape index (κ1) is 7.68. The third kappa shape index (κ3) is 1.32. The lowest BCUT2D eigenvalue weighted by molar-refractivity contribution is 1.14. The van der Waals surface area contributed by atoms with E-state index < -0.39 is 0 Å². The van der Waals surface area contributed by atoms with E-state index in [4.69, 9.17) is 0 Å². The molecule has 0 saturated carbocycles. The molecule has 1 N–H and O–H groups in total. The van der Waals surface area contributed by atoms with Gasteiger partial charge in [-0.25, -0.2) is 4.98 Å². The number of rotatable bonds is 2. The Balaban J connectivity index is 2.47. The van der Waals surface area contributed by atoms with E-state index in [9.17, 15) is 0 Å². The molecule has 0 bridgehead atoms. The smallest absolute Gasteiger partial charge is 0.117 e. The quantitative estimate of drug-likeness (QED) is 0.765. The van der Waals surface area contributed by atoms with Crippen LogP contribution in [0.3, 0.4) is 0 Å². The van der Waals surface area contributed by atoms with E-state index in [1.54, 1.807) is 11.8 Å². The molecule has 12 heavy (non-hydrogen) atoms. The van der Waals surface area contributed by atoms with E-state index in [0.29, 0.717) is 0 Å². The first-order chi connectivity index (χ1) is 5.90. The summed E-state index contributed by atoms with van der Waals surface area (Å²) in [4.78, 5) is 7.69. The third-order valence-corrected chi connectivity index (χ3v) is 2.28. The highest BCUT2D eigenvalue weighted by atomic mass is 32.2. The van der Waals surface area contributed by atoms with Gasteiger partial charge < -0.3 is 4.98 Å². The number of H-pyrrole nitrogens is 1. The Morgan fingerprint density at radius 3 is 3.00 bits per heavy atom. The molecule has 0 radical (unpaired) electrons. The molecular formula is C9H10N2S. The zero-order valence-corrected chi connectivity index (χ0v) is 7.69. The van der Waals surface area contributed by atoms with E-state index in [-0.39, 0.29) is 0 Å². The molecule has 0 aliphatic carbocycles. The van der Waals surface area contributed by atoms with Gasteiger partial charge in [0.1, 0.15) is 5.82 Å². The van der Waals surface area contributed by atoms with Crippen molar-refractivity contribution in [3.8, 4) is 0 Å². The average molecular weight is 178 g/mol. The second kappa shape index (κ2) is 3.19. The maximum atomic E-state index is 4.43. The van der Waals surface area contributed by atoms with Gasteiger partial charge in [-0.1, -0.05) is 12.1 Å². The van der Waals surface area contributed by atoms with Crippen LogP contribution in [0.25, 0.3) is 11.0 Å². The maximum Gasteiger partial charge on any atom is 0.117 e. The standard InChI is InChI=1S/C9H10N2S/c1-12-6-9-10-7-4-2-3-5-8(7)11-9/h2-5H,6H2,1H3,(H,10,11). The van der Waals surface area contributed by atoms with Crippen LogP contribution in [-0.4, -0.2) is 16.2 Å². The number of nitrogens with zero attached hydrogens (tertiary/aromatic N) is 1. The van der Waals surface area contributed by atoms with Crippen molar-refractivity contribution in [3.63, 3.8) is 0 Å². The number of benzene rings is 1. The van der Waals surface area contributed by atoms with E-state index in [0.717, 1.165) is 22.6 Å². The summed E-state index contributed by atoms with van der Waals surface area (Å²) in [5.74, 6) is 2.01. The number of imidazole rings is 1. The van der Waals surface area contributed by atoms with Gasteiger partial charge in [-0.2, -0.15) is 11.8 Å². The highest BCUT2D eigenvalue weighted by Gasteiger charge is 1.99. The molecule has 0 unspecified atom stereocenters. The molecule has 0 atom stereocenters. The predicted molar refractivity (Wildman–Crippen MR) is 53.3 cm³/mol. The van der Waals surface area contributed by atoms with Crippen molar-refractivity contribution in [1.82, 2.24) is 9.97 Å². The summed E-state index contributed by atoms with van der Waals surface area (Å²) < 4.78 is 0. The maximum absolute atomic E-state index is 4.43. The Morgan fingerprint density at radius 1 is 1.42 bits per heavy atom. The Morgan fingerprint density at radius 2 is 2.25 bits per heavy atom. The summed E-state index contributed by atoms with van der Waals surface area (Å²) >= 11 is 1.78. The number of para-hydroxylation sites is 2. The summed E-state index contributed by atoms with van der Waals surface area (Å²) in [6, 6.07) is 8.09. The van der Waals surface area contributed by atoms with Crippen molar-refractivity contribution in [2.24, 2.45) is 0 Å². The van der Waals surface area contributed by atoms with Crippen LogP contribution in [0, 0.1) is 0 Å². The molecular weight excluding hydrogens is 168 g/mol. The molecule has 1 heterocycles. The lowest BCUT2D eigenvalue weighted by Gasteiger charge is -1.86. The van der Waals surface area contributed by atoms with Crippen LogP contribution >= 0.6 is 11.8 Å². The van der Waals surface area contributed by atoms with Crippen LogP contribution in [0.4, 0.5) is 0 Å². The monoisotopic (exact) mass is 178 g/mol. The Kier molecular flexibility index (Phi) is 2.04. The van der Waals surface area contributed by atoms with Crippen LogP contribution in [-0.2, 0) is 5.75 Å². The zero-order valence-electron chi connectivity index (χ0n) is 6.87. The van der Waals surface area contributed by atoms with Gasteiger partial charge in [0.25, 0.3) is 0 Å². The van der Waals surface area contributed by atoms with Crippen molar-refractivity contribution in [2.45, 2.75) is 5.75 Å². The molecule has 1 aromatic heterocycles. The lowest BCUT2D eigenvalue weighted by Crippen LogP contribution is -1.80. The van der Waals surface area contributed by atoms with Crippen LogP contribution in [0.1, 0.15) is 5.82 Å². The topological polar surface area (TPSA) is 28.7 Å². The zero-order chi connectivity index (χ0) is 8.39. The molecule has 62 valence electrons. The van der Waals surface area contributed by atoms with Gasteiger partial charge >= 0.3 is 0 Å². The molecule has 3 heteroatoms. The summed E-state index contributed by atoms with van der Waals surface area (Å²) in [6.07, 6.45) is 2.08. The van der Waals surface area contributed by atoms with Crippen LogP contribution in [0.2, 0.25) is 0 Å². The fraction of sp³-hybridized carbons (Fsp3) is 0.222. The molecule has 0 fully saturated rings. The number of hydrogen-bond acceptors (Lipinski definition) is 2. The minimum absolute atomic E-state index is 0.953. The lowest BCUT2D eigenvalue weighted by atomic mass is 10.3. The molecule has 0 spiro atoms.